The Morgan fingerprint density at radius 1 is 1.14 bits per heavy atom. The molecule has 4 heteroatoms. The smallest absolute Gasteiger partial charge is 0.161 e. The summed E-state index contributed by atoms with van der Waals surface area (Å²) < 4.78 is 12.8. The molecule has 0 amide bonds. The third-order valence-electron chi connectivity index (χ3n) is 3.59. The molecule has 0 fully saturated rings. The lowest BCUT2D eigenvalue weighted by Crippen LogP contribution is -2.39. The zero-order chi connectivity index (χ0) is 14.7. The molecule has 3 nitrogen and oxygen atoms in total. The average molecular weight is 348 g/mol. The summed E-state index contributed by atoms with van der Waals surface area (Å²) in [7, 11) is 0. The van der Waals surface area contributed by atoms with Crippen LogP contribution in [0.25, 0.3) is 0 Å². The predicted molar refractivity (Wildman–Crippen MR) is 86.9 cm³/mol. The number of nitrogens with one attached hydrogen (secondary N) is 1. The molecule has 0 spiro atoms. The van der Waals surface area contributed by atoms with Crippen LogP contribution in [-0.2, 0) is 0 Å². The molecule has 110 valence electrons. The second kappa shape index (κ2) is 6.50. The molecule has 21 heavy (non-hydrogen) atoms. The van der Waals surface area contributed by atoms with Crippen LogP contribution in [0.2, 0.25) is 0 Å². The summed E-state index contributed by atoms with van der Waals surface area (Å²) >= 11 is 3.59. The molecule has 0 aromatic heterocycles. The largest absolute Gasteiger partial charge is 0.486 e. The Balaban J connectivity index is 1.58. The molecule has 1 heterocycles. The summed E-state index contributed by atoms with van der Waals surface area (Å²) in [5, 5.41) is 3.51. The molecular formula is C17H18BrNO2. The van der Waals surface area contributed by atoms with Gasteiger partial charge in [-0.3, -0.25) is 0 Å². The molecule has 2 aromatic rings. The van der Waals surface area contributed by atoms with Crippen LogP contribution < -0.4 is 14.8 Å². The number of rotatable bonds is 4. The van der Waals surface area contributed by atoms with E-state index < -0.39 is 0 Å². The van der Waals surface area contributed by atoms with Gasteiger partial charge >= 0.3 is 0 Å². The van der Waals surface area contributed by atoms with Gasteiger partial charge in [-0.25, -0.2) is 0 Å². The summed E-state index contributed by atoms with van der Waals surface area (Å²) in [6.45, 7) is 3.47. The standard InChI is InChI=1S/C17H18BrNO2/c1-12(14-6-2-3-7-15(14)18)19-10-13-11-20-16-8-4-5-9-17(16)21-13/h2-9,12-13,19H,10-11H2,1H3. The van der Waals surface area contributed by atoms with Crippen LogP contribution in [0.5, 0.6) is 11.5 Å². The van der Waals surface area contributed by atoms with Crippen molar-refractivity contribution in [3.05, 3.63) is 58.6 Å². The highest BCUT2D eigenvalue weighted by Gasteiger charge is 2.21. The Morgan fingerprint density at radius 3 is 2.67 bits per heavy atom. The molecule has 0 saturated carbocycles. The first-order valence-corrected chi connectivity index (χ1v) is 7.89. The number of hydrogen-bond donors (Lipinski definition) is 1. The van der Waals surface area contributed by atoms with Crippen LogP contribution in [0.4, 0.5) is 0 Å². The van der Waals surface area contributed by atoms with E-state index in [0.717, 1.165) is 22.5 Å². The second-order valence-corrected chi connectivity index (χ2v) is 6.00. The third kappa shape index (κ3) is 3.39. The molecule has 1 aliphatic heterocycles. The molecule has 1 N–H and O–H groups in total. The number of halogens is 1. The SMILES string of the molecule is CC(NCC1COc2ccccc2O1)c1ccccc1Br. The van der Waals surface area contributed by atoms with Gasteiger partial charge in [-0.05, 0) is 30.7 Å². The van der Waals surface area contributed by atoms with Crippen molar-refractivity contribution in [3.8, 4) is 11.5 Å². The van der Waals surface area contributed by atoms with Gasteiger partial charge in [0.2, 0.25) is 0 Å². The van der Waals surface area contributed by atoms with Crippen LogP contribution >= 0.6 is 15.9 Å². The van der Waals surface area contributed by atoms with Crippen LogP contribution in [0.1, 0.15) is 18.5 Å². The molecule has 0 aliphatic carbocycles. The van der Waals surface area contributed by atoms with E-state index in [-0.39, 0.29) is 12.1 Å². The minimum absolute atomic E-state index is 0.0323. The van der Waals surface area contributed by atoms with Crippen molar-refractivity contribution in [3.63, 3.8) is 0 Å². The fourth-order valence-corrected chi connectivity index (χ4v) is 3.04. The summed E-state index contributed by atoms with van der Waals surface area (Å²) in [5.41, 5.74) is 1.25. The minimum atomic E-state index is 0.0323. The predicted octanol–water partition coefficient (Wildman–Crippen LogP) is 3.94. The highest BCUT2D eigenvalue weighted by atomic mass is 79.9. The summed E-state index contributed by atoms with van der Waals surface area (Å²) in [6.07, 6.45) is 0.0323. The maximum absolute atomic E-state index is 5.95. The first-order valence-electron chi connectivity index (χ1n) is 7.10. The monoisotopic (exact) mass is 347 g/mol. The quantitative estimate of drug-likeness (QED) is 0.908. The van der Waals surface area contributed by atoms with Crippen molar-refractivity contribution in [2.75, 3.05) is 13.2 Å². The van der Waals surface area contributed by atoms with E-state index in [0.29, 0.717) is 6.61 Å². The van der Waals surface area contributed by atoms with Gasteiger partial charge in [0.15, 0.2) is 11.5 Å². The Bertz CT molecular complexity index is 617. The van der Waals surface area contributed by atoms with Crippen LogP contribution in [0, 0.1) is 0 Å². The number of fused-ring (bicyclic) bond motifs is 1. The molecule has 3 rings (SSSR count). The van der Waals surface area contributed by atoms with E-state index in [1.165, 1.54) is 5.56 Å². The van der Waals surface area contributed by atoms with E-state index in [1.807, 2.05) is 30.3 Å². The third-order valence-corrected chi connectivity index (χ3v) is 4.31. The van der Waals surface area contributed by atoms with Gasteiger partial charge in [-0.2, -0.15) is 0 Å². The molecule has 0 radical (unpaired) electrons. The molecule has 0 saturated heterocycles. The molecule has 2 unspecified atom stereocenters. The number of hydrogen-bond acceptors (Lipinski definition) is 3. The van der Waals surface area contributed by atoms with E-state index in [2.05, 4.69) is 46.4 Å². The van der Waals surface area contributed by atoms with Crippen molar-refractivity contribution in [1.29, 1.82) is 0 Å². The highest BCUT2D eigenvalue weighted by molar-refractivity contribution is 9.10. The highest BCUT2D eigenvalue weighted by Crippen LogP contribution is 2.31. The van der Waals surface area contributed by atoms with Crippen molar-refractivity contribution >= 4 is 15.9 Å². The number of benzene rings is 2. The van der Waals surface area contributed by atoms with Crippen LogP contribution in [-0.4, -0.2) is 19.3 Å². The first kappa shape index (κ1) is 14.4. The fourth-order valence-electron chi connectivity index (χ4n) is 2.41. The van der Waals surface area contributed by atoms with Crippen molar-refractivity contribution in [2.45, 2.75) is 19.1 Å². The van der Waals surface area contributed by atoms with Crippen molar-refractivity contribution in [2.24, 2.45) is 0 Å². The maximum Gasteiger partial charge on any atom is 0.161 e. The lowest BCUT2D eigenvalue weighted by Gasteiger charge is -2.28. The van der Waals surface area contributed by atoms with Gasteiger partial charge < -0.3 is 14.8 Å². The summed E-state index contributed by atoms with van der Waals surface area (Å²) in [6, 6.07) is 16.3. The van der Waals surface area contributed by atoms with Gasteiger partial charge in [0.1, 0.15) is 12.7 Å². The maximum atomic E-state index is 5.95. The Kier molecular flexibility index (Phi) is 4.46. The topological polar surface area (TPSA) is 30.5 Å². The van der Waals surface area contributed by atoms with Gasteiger partial charge in [-0.15, -0.1) is 0 Å². The van der Waals surface area contributed by atoms with E-state index in [4.69, 9.17) is 9.47 Å². The van der Waals surface area contributed by atoms with E-state index >= 15 is 0 Å². The van der Waals surface area contributed by atoms with E-state index in [9.17, 15) is 0 Å². The van der Waals surface area contributed by atoms with Crippen LogP contribution in [0.3, 0.4) is 0 Å². The van der Waals surface area contributed by atoms with Crippen molar-refractivity contribution < 1.29 is 9.47 Å². The molecular weight excluding hydrogens is 330 g/mol. The second-order valence-electron chi connectivity index (χ2n) is 5.15. The molecule has 0 bridgehead atoms. The zero-order valence-corrected chi connectivity index (χ0v) is 13.5. The van der Waals surface area contributed by atoms with Gasteiger partial charge in [0.05, 0.1) is 0 Å². The Morgan fingerprint density at radius 2 is 1.86 bits per heavy atom. The summed E-state index contributed by atoms with van der Waals surface area (Å²) in [4.78, 5) is 0. The lowest BCUT2D eigenvalue weighted by molar-refractivity contribution is 0.0886. The molecule has 2 atom stereocenters. The lowest BCUT2D eigenvalue weighted by atomic mass is 10.1. The fraction of sp³-hybridized carbons (Fsp3) is 0.294. The minimum Gasteiger partial charge on any atom is -0.486 e. The van der Waals surface area contributed by atoms with Gasteiger partial charge in [0.25, 0.3) is 0 Å². The van der Waals surface area contributed by atoms with Gasteiger partial charge in [0, 0.05) is 17.1 Å². The molecule has 2 aromatic carbocycles. The number of para-hydroxylation sites is 2. The van der Waals surface area contributed by atoms with E-state index in [1.54, 1.807) is 0 Å². The summed E-state index contributed by atoms with van der Waals surface area (Å²) in [5.74, 6) is 1.65. The Labute approximate surface area is 133 Å². The van der Waals surface area contributed by atoms with Crippen LogP contribution in [0.15, 0.2) is 53.0 Å². The molecule has 1 aliphatic rings. The zero-order valence-electron chi connectivity index (χ0n) is 11.9. The average Bonchev–Trinajstić information content (AvgIpc) is 2.53. The van der Waals surface area contributed by atoms with Crippen molar-refractivity contribution in [1.82, 2.24) is 5.32 Å². The Hall–Kier alpha value is -1.52. The normalized spacial score (nSPS) is 18.3. The first-order chi connectivity index (χ1) is 10.2. The van der Waals surface area contributed by atoms with Gasteiger partial charge in [-0.1, -0.05) is 46.3 Å². The number of ether oxygens (including phenoxy) is 2.